The van der Waals surface area contributed by atoms with Gasteiger partial charge in [0, 0.05) is 30.3 Å². The van der Waals surface area contributed by atoms with Gasteiger partial charge in [0.2, 0.25) is 0 Å². The summed E-state index contributed by atoms with van der Waals surface area (Å²) >= 11 is 5.97. The Balaban J connectivity index is 1.84. The van der Waals surface area contributed by atoms with E-state index in [4.69, 9.17) is 11.6 Å². The highest BCUT2D eigenvalue weighted by atomic mass is 35.5. The lowest BCUT2D eigenvalue weighted by Gasteiger charge is -2.39. The van der Waals surface area contributed by atoms with E-state index < -0.39 is 0 Å². The number of hydrogen-bond acceptors (Lipinski definition) is 2. The van der Waals surface area contributed by atoms with Gasteiger partial charge in [-0.05, 0) is 36.2 Å². The average Bonchev–Trinajstić information content (AvgIpc) is 2.47. The van der Waals surface area contributed by atoms with Crippen LogP contribution in [0.1, 0.15) is 24.1 Å². The summed E-state index contributed by atoms with van der Waals surface area (Å²) in [5.74, 6) is 0. The highest BCUT2D eigenvalue weighted by molar-refractivity contribution is 6.30. The quantitative estimate of drug-likeness (QED) is 0.812. The summed E-state index contributed by atoms with van der Waals surface area (Å²) in [5, 5.41) is 0.794. The highest BCUT2D eigenvalue weighted by Crippen LogP contribution is 2.31. The van der Waals surface area contributed by atoms with Crippen LogP contribution in [-0.2, 0) is 6.54 Å². The third kappa shape index (κ3) is 2.54. The third-order valence-corrected chi connectivity index (χ3v) is 4.32. The van der Waals surface area contributed by atoms with Crippen LogP contribution in [-0.4, -0.2) is 18.6 Å². The molecule has 2 aromatic rings. The summed E-state index contributed by atoms with van der Waals surface area (Å²) in [6, 6.07) is 17.2. The molecule has 2 nitrogen and oxygen atoms in total. The van der Waals surface area contributed by atoms with Crippen LogP contribution in [0.25, 0.3) is 0 Å². The predicted octanol–water partition coefficient (Wildman–Crippen LogP) is 4.31. The molecule has 0 amide bonds. The molecule has 0 bridgehead atoms. The van der Waals surface area contributed by atoms with Gasteiger partial charge in [-0.15, -0.1) is 0 Å². The molecular weight excluding hydrogens is 268 g/mol. The zero-order valence-electron chi connectivity index (χ0n) is 11.9. The maximum Gasteiger partial charge on any atom is 0.0711 e. The molecule has 3 rings (SSSR count). The van der Waals surface area contributed by atoms with Gasteiger partial charge in [0.25, 0.3) is 0 Å². The number of para-hydroxylation sites is 1. The molecule has 0 saturated heterocycles. The molecule has 0 unspecified atom stereocenters. The second-order valence-electron chi connectivity index (χ2n) is 5.44. The monoisotopic (exact) mass is 286 g/mol. The van der Waals surface area contributed by atoms with E-state index in [-0.39, 0.29) is 0 Å². The summed E-state index contributed by atoms with van der Waals surface area (Å²) < 4.78 is 0. The van der Waals surface area contributed by atoms with Crippen molar-refractivity contribution in [3.8, 4) is 0 Å². The molecule has 0 aliphatic carbocycles. The first-order chi connectivity index (χ1) is 9.65. The first-order valence-corrected chi connectivity index (χ1v) is 7.31. The zero-order valence-corrected chi connectivity index (χ0v) is 12.6. The summed E-state index contributed by atoms with van der Waals surface area (Å²) in [5.41, 5.74) is 4.04. The van der Waals surface area contributed by atoms with Crippen molar-refractivity contribution >= 4 is 17.3 Å². The smallest absolute Gasteiger partial charge is 0.0711 e. The number of rotatable bonds is 2. The Bertz CT molecular complexity index is 594. The van der Waals surface area contributed by atoms with Crippen molar-refractivity contribution in [2.24, 2.45) is 0 Å². The molecule has 1 heterocycles. The van der Waals surface area contributed by atoms with E-state index >= 15 is 0 Å². The van der Waals surface area contributed by atoms with Crippen LogP contribution in [0.2, 0.25) is 5.02 Å². The first-order valence-electron chi connectivity index (χ1n) is 6.93. The number of anilines is 1. The lowest BCUT2D eigenvalue weighted by molar-refractivity contribution is 0.194. The number of fused-ring (bicyclic) bond motifs is 1. The molecular formula is C17H19ClN2. The Morgan fingerprint density at radius 2 is 1.75 bits per heavy atom. The Morgan fingerprint density at radius 1 is 1.05 bits per heavy atom. The van der Waals surface area contributed by atoms with Crippen molar-refractivity contribution in [1.29, 1.82) is 0 Å². The molecule has 1 atom stereocenters. The van der Waals surface area contributed by atoms with E-state index in [2.05, 4.69) is 60.2 Å². The van der Waals surface area contributed by atoms with E-state index in [9.17, 15) is 0 Å². The molecule has 0 N–H and O–H groups in total. The average molecular weight is 287 g/mol. The molecule has 1 aliphatic rings. The second kappa shape index (κ2) is 5.47. The number of hydrogen-bond donors (Lipinski definition) is 0. The molecule has 20 heavy (non-hydrogen) atoms. The van der Waals surface area contributed by atoms with Gasteiger partial charge in [-0.3, -0.25) is 4.90 Å². The normalized spacial score (nSPS) is 16.9. The molecule has 0 fully saturated rings. The Hall–Kier alpha value is -1.51. The molecule has 0 spiro atoms. The summed E-state index contributed by atoms with van der Waals surface area (Å²) in [7, 11) is 2.15. The van der Waals surface area contributed by atoms with Crippen LogP contribution in [0.5, 0.6) is 0 Å². The van der Waals surface area contributed by atoms with Crippen molar-refractivity contribution in [3.05, 3.63) is 64.7 Å². The minimum absolute atomic E-state index is 0.378. The van der Waals surface area contributed by atoms with Crippen LogP contribution in [0.3, 0.4) is 0 Å². The fourth-order valence-corrected chi connectivity index (χ4v) is 2.97. The van der Waals surface area contributed by atoms with Crippen LogP contribution < -0.4 is 4.90 Å². The zero-order chi connectivity index (χ0) is 14.1. The van der Waals surface area contributed by atoms with E-state index in [0.717, 1.165) is 18.2 Å². The lowest BCUT2D eigenvalue weighted by atomic mass is 10.0. The first kappa shape index (κ1) is 13.5. The van der Waals surface area contributed by atoms with Crippen LogP contribution >= 0.6 is 11.6 Å². The Labute approximate surface area is 125 Å². The predicted molar refractivity (Wildman–Crippen MR) is 85.1 cm³/mol. The van der Waals surface area contributed by atoms with Crippen LogP contribution in [0, 0.1) is 0 Å². The van der Waals surface area contributed by atoms with Gasteiger partial charge in [0.1, 0.15) is 0 Å². The summed E-state index contributed by atoms with van der Waals surface area (Å²) in [6.07, 6.45) is 0. The standard InChI is InChI=1S/C17H19ClN2/c1-13(14-7-9-16(18)10-8-14)20-11-15-5-3-4-6-17(15)19(2)12-20/h3-10,13H,11-12H2,1-2H3/t13-/m1/s1. The van der Waals surface area contributed by atoms with Crippen molar-refractivity contribution < 1.29 is 0 Å². The summed E-state index contributed by atoms with van der Waals surface area (Å²) in [6.45, 7) is 4.19. The van der Waals surface area contributed by atoms with Crippen molar-refractivity contribution in [1.82, 2.24) is 4.90 Å². The van der Waals surface area contributed by atoms with Crippen molar-refractivity contribution in [2.75, 3.05) is 18.6 Å². The van der Waals surface area contributed by atoms with Crippen molar-refractivity contribution in [2.45, 2.75) is 19.5 Å². The largest absolute Gasteiger partial charge is 0.361 e. The molecule has 0 saturated carbocycles. The lowest BCUT2D eigenvalue weighted by Crippen LogP contribution is -2.41. The molecule has 1 aliphatic heterocycles. The van der Waals surface area contributed by atoms with Crippen molar-refractivity contribution in [3.63, 3.8) is 0 Å². The fraction of sp³-hybridized carbons (Fsp3) is 0.294. The Morgan fingerprint density at radius 3 is 2.50 bits per heavy atom. The van der Waals surface area contributed by atoms with E-state index in [1.807, 2.05) is 12.1 Å². The van der Waals surface area contributed by atoms with E-state index in [0.29, 0.717) is 6.04 Å². The SMILES string of the molecule is C[C@H](c1ccc(Cl)cc1)N1Cc2ccccc2N(C)C1. The van der Waals surface area contributed by atoms with E-state index in [1.54, 1.807) is 0 Å². The minimum Gasteiger partial charge on any atom is -0.361 e. The van der Waals surface area contributed by atoms with Gasteiger partial charge in [0.15, 0.2) is 0 Å². The maximum absolute atomic E-state index is 5.97. The number of benzene rings is 2. The van der Waals surface area contributed by atoms with Crippen LogP contribution in [0.15, 0.2) is 48.5 Å². The molecule has 3 heteroatoms. The number of nitrogens with zero attached hydrogens (tertiary/aromatic N) is 2. The third-order valence-electron chi connectivity index (χ3n) is 4.07. The van der Waals surface area contributed by atoms with Gasteiger partial charge in [-0.1, -0.05) is 41.9 Å². The fourth-order valence-electron chi connectivity index (χ4n) is 2.85. The van der Waals surface area contributed by atoms with Gasteiger partial charge in [0.05, 0.1) is 6.67 Å². The van der Waals surface area contributed by atoms with Gasteiger partial charge < -0.3 is 4.90 Å². The topological polar surface area (TPSA) is 6.48 Å². The van der Waals surface area contributed by atoms with Crippen LogP contribution in [0.4, 0.5) is 5.69 Å². The Kier molecular flexibility index (Phi) is 3.68. The van der Waals surface area contributed by atoms with E-state index in [1.165, 1.54) is 16.8 Å². The molecule has 0 aromatic heterocycles. The molecule has 2 aromatic carbocycles. The second-order valence-corrected chi connectivity index (χ2v) is 5.88. The molecule has 0 radical (unpaired) electrons. The van der Waals surface area contributed by atoms with Gasteiger partial charge in [-0.2, -0.15) is 0 Å². The molecule has 104 valence electrons. The van der Waals surface area contributed by atoms with Gasteiger partial charge in [-0.25, -0.2) is 0 Å². The minimum atomic E-state index is 0.378. The maximum atomic E-state index is 5.97. The van der Waals surface area contributed by atoms with Gasteiger partial charge >= 0.3 is 0 Å². The summed E-state index contributed by atoms with van der Waals surface area (Å²) in [4.78, 5) is 4.79. The highest BCUT2D eigenvalue weighted by Gasteiger charge is 2.24. The number of halogens is 1.